The van der Waals surface area contributed by atoms with Crippen LogP contribution in [0.2, 0.25) is 0 Å². The van der Waals surface area contributed by atoms with Crippen LogP contribution in [0, 0.1) is 13.8 Å². The Morgan fingerprint density at radius 2 is 1.78 bits per heavy atom. The number of aliphatic hydroxyl groups is 2. The van der Waals surface area contributed by atoms with Crippen LogP contribution in [0.4, 0.5) is 0 Å². The van der Waals surface area contributed by atoms with Crippen molar-refractivity contribution in [2.45, 2.75) is 50.9 Å². The highest BCUT2D eigenvalue weighted by molar-refractivity contribution is 5.45. The van der Waals surface area contributed by atoms with Gasteiger partial charge in [0.2, 0.25) is 0 Å². The number of aryl methyl sites for hydroxylation is 2. The van der Waals surface area contributed by atoms with Crippen LogP contribution in [-0.2, 0) is 0 Å². The molecule has 0 aliphatic carbocycles. The molecule has 0 saturated carbocycles. The Balaban J connectivity index is 1.42. The summed E-state index contributed by atoms with van der Waals surface area (Å²) in [4.78, 5) is 2.30. The van der Waals surface area contributed by atoms with E-state index in [-0.39, 0.29) is 5.60 Å². The van der Waals surface area contributed by atoms with Gasteiger partial charge in [-0.05, 0) is 55.5 Å². The molecule has 0 radical (unpaired) electrons. The summed E-state index contributed by atoms with van der Waals surface area (Å²) in [5.74, 6) is 0.842. The Morgan fingerprint density at radius 1 is 1.11 bits per heavy atom. The van der Waals surface area contributed by atoms with E-state index >= 15 is 0 Å². The van der Waals surface area contributed by atoms with Gasteiger partial charge in [-0.25, -0.2) is 0 Å². The van der Waals surface area contributed by atoms with Crippen molar-refractivity contribution in [1.82, 2.24) is 4.90 Å². The molecular formula is C23H29NO3. The molecule has 2 aliphatic rings. The van der Waals surface area contributed by atoms with Crippen LogP contribution < -0.4 is 4.74 Å². The molecule has 0 bridgehead atoms. The third-order valence-corrected chi connectivity index (χ3v) is 6.26. The van der Waals surface area contributed by atoms with E-state index in [4.69, 9.17) is 4.74 Å². The van der Waals surface area contributed by atoms with Crippen LogP contribution in [0.3, 0.4) is 0 Å². The molecule has 0 aromatic heterocycles. The van der Waals surface area contributed by atoms with E-state index in [1.54, 1.807) is 0 Å². The fourth-order valence-corrected chi connectivity index (χ4v) is 4.37. The van der Waals surface area contributed by atoms with Crippen LogP contribution in [0.15, 0.2) is 42.5 Å². The Hall–Kier alpha value is -1.88. The van der Waals surface area contributed by atoms with Gasteiger partial charge in [0.1, 0.15) is 11.4 Å². The highest BCUT2D eigenvalue weighted by Gasteiger charge is 2.43. The number of rotatable bonds is 3. The van der Waals surface area contributed by atoms with E-state index in [2.05, 4.69) is 30.9 Å². The summed E-state index contributed by atoms with van der Waals surface area (Å²) in [6.45, 7) is 6.54. The molecule has 1 saturated heterocycles. The van der Waals surface area contributed by atoms with E-state index in [0.717, 1.165) is 42.8 Å². The maximum absolute atomic E-state index is 10.7. The second kappa shape index (κ2) is 7.27. The van der Waals surface area contributed by atoms with Crippen molar-refractivity contribution >= 4 is 0 Å². The smallest absolute Gasteiger partial charge is 0.126 e. The molecule has 27 heavy (non-hydrogen) atoms. The molecule has 2 atom stereocenters. The van der Waals surface area contributed by atoms with Crippen LogP contribution in [0.1, 0.15) is 53.7 Å². The van der Waals surface area contributed by atoms with Gasteiger partial charge in [0.25, 0.3) is 0 Å². The number of piperidine rings is 1. The third-order valence-electron chi connectivity index (χ3n) is 6.26. The van der Waals surface area contributed by atoms with Crippen molar-refractivity contribution in [3.63, 3.8) is 0 Å². The van der Waals surface area contributed by atoms with Crippen molar-refractivity contribution in [3.05, 3.63) is 64.7 Å². The normalized spacial score (nSPS) is 22.9. The summed E-state index contributed by atoms with van der Waals surface area (Å²) in [7, 11) is 0. The maximum Gasteiger partial charge on any atom is 0.126 e. The molecule has 144 valence electrons. The predicted octanol–water partition coefficient (Wildman–Crippen LogP) is 3.69. The molecule has 4 heteroatoms. The Labute approximate surface area is 161 Å². The third kappa shape index (κ3) is 3.75. The summed E-state index contributed by atoms with van der Waals surface area (Å²) in [6, 6.07) is 14.0. The van der Waals surface area contributed by atoms with Gasteiger partial charge in [0.15, 0.2) is 0 Å². The number of benzene rings is 2. The number of likely N-dealkylation sites (tertiary alicyclic amines) is 1. The molecule has 1 spiro atoms. The van der Waals surface area contributed by atoms with Crippen molar-refractivity contribution in [2.24, 2.45) is 0 Å². The molecule has 2 aromatic rings. The van der Waals surface area contributed by atoms with Gasteiger partial charge in [-0.1, -0.05) is 30.3 Å². The Kier molecular flexibility index (Phi) is 4.97. The molecular weight excluding hydrogens is 338 g/mol. The average molecular weight is 367 g/mol. The van der Waals surface area contributed by atoms with Crippen molar-refractivity contribution in [3.8, 4) is 5.75 Å². The van der Waals surface area contributed by atoms with Crippen molar-refractivity contribution in [1.29, 1.82) is 0 Å². The lowest BCUT2D eigenvalue weighted by atomic mass is 9.81. The quantitative estimate of drug-likeness (QED) is 0.869. The Morgan fingerprint density at radius 3 is 2.48 bits per heavy atom. The average Bonchev–Trinajstić information content (AvgIpc) is 2.66. The molecule has 4 rings (SSSR count). The van der Waals surface area contributed by atoms with Crippen LogP contribution in [0.5, 0.6) is 5.75 Å². The van der Waals surface area contributed by atoms with Gasteiger partial charge >= 0.3 is 0 Å². The molecule has 2 heterocycles. The molecule has 4 nitrogen and oxygen atoms in total. The zero-order valence-corrected chi connectivity index (χ0v) is 16.2. The second-order valence-electron chi connectivity index (χ2n) is 8.21. The number of aliphatic hydroxyl groups excluding tert-OH is 2. The lowest BCUT2D eigenvalue weighted by Crippen LogP contribution is -2.51. The lowest BCUT2D eigenvalue weighted by molar-refractivity contribution is -0.0588. The summed E-state index contributed by atoms with van der Waals surface area (Å²) < 4.78 is 6.46. The van der Waals surface area contributed by atoms with E-state index in [1.807, 2.05) is 30.3 Å². The standard InChI is InChI=1S/C23H29NO3/c1-16-12-19-20(25)14-23(27-22(19)13-17(16)2)8-10-24(11-9-23)15-21(26)18-6-4-3-5-7-18/h3-7,12-13,20-21,25-26H,8-11,14-15H2,1-2H3/t20-,21-/m1/s1. The van der Waals surface area contributed by atoms with Crippen LogP contribution in [-0.4, -0.2) is 40.3 Å². The summed E-state index contributed by atoms with van der Waals surface area (Å²) in [6.07, 6.45) is 1.46. The number of fused-ring (bicyclic) bond motifs is 1. The number of nitrogens with zero attached hydrogens (tertiary/aromatic N) is 1. The first-order valence-corrected chi connectivity index (χ1v) is 9.89. The summed E-state index contributed by atoms with van der Waals surface area (Å²) in [5, 5.41) is 21.2. The highest BCUT2D eigenvalue weighted by Crippen LogP contribution is 2.45. The van der Waals surface area contributed by atoms with E-state index < -0.39 is 12.2 Å². The minimum absolute atomic E-state index is 0.289. The van der Waals surface area contributed by atoms with Crippen molar-refractivity contribution in [2.75, 3.05) is 19.6 Å². The molecule has 0 unspecified atom stereocenters. The minimum Gasteiger partial charge on any atom is -0.487 e. The maximum atomic E-state index is 10.7. The molecule has 2 N–H and O–H groups in total. The Bertz CT molecular complexity index is 797. The fourth-order valence-electron chi connectivity index (χ4n) is 4.37. The first-order valence-electron chi connectivity index (χ1n) is 9.89. The predicted molar refractivity (Wildman–Crippen MR) is 106 cm³/mol. The van der Waals surface area contributed by atoms with Gasteiger partial charge in [-0.3, -0.25) is 0 Å². The summed E-state index contributed by atoms with van der Waals surface area (Å²) >= 11 is 0. The first-order chi connectivity index (χ1) is 13.0. The van der Waals surface area contributed by atoms with E-state index in [1.165, 1.54) is 11.1 Å². The molecule has 1 fully saturated rings. The zero-order valence-electron chi connectivity index (χ0n) is 16.2. The number of ether oxygens (including phenoxy) is 1. The van der Waals surface area contributed by atoms with Gasteiger partial charge in [0, 0.05) is 31.6 Å². The van der Waals surface area contributed by atoms with Gasteiger partial charge in [-0.2, -0.15) is 0 Å². The summed E-state index contributed by atoms with van der Waals surface area (Å²) in [5.41, 5.74) is 3.98. The van der Waals surface area contributed by atoms with E-state index in [0.29, 0.717) is 13.0 Å². The van der Waals surface area contributed by atoms with Crippen LogP contribution >= 0.6 is 0 Å². The molecule has 2 aromatic carbocycles. The number of β-amino-alcohol motifs (C(OH)–C–C–N with tert-alkyl or cyclic N) is 1. The zero-order chi connectivity index (χ0) is 19.0. The monoisotopic (exact) mass is 367 g/mol. The van der Waals surface area contributed by atoms with Gasteiger partial charge in [0.05, 0.1) is 12.2 Å². The SMILES string of the molecule is Cc1cc2c(cc1C)[C@H](O)CC1(CCN(C[C@@H](O)c3ccccc3)CC1)O2. The molecule has 0 amide bonds. The fraction of sp³-hybridized carbons (Fsp3) is 0.478. The van der Waals surface area contributed by atoms with Crippen molar-refractivity contribution < 1.29 is 14.9 Å². The topological polar surface area (TPSA) is 52.9 Å². The highest BCUT2D eigenvalue weighted by atomic mass is 16.5. The molecule has 2 aliphatic heterocycles. The van der Waals surface area contributed by atoms with E-state index in [9.17, 15) is 10.2 Å². The lowest BCUT2D eigenvalue weighted by Gasteiger charge is -2.46. The second-order valence-corrected chi connectivity index (χ2v) is 8.21. The number of hydrogen-bond donors (Lipinski definition) is 2. The van der Waals surface area contributed by atoms with Crippen LogP contribution in [0.25, 0.3) is 0 Å². The van der Waals surface area contributed by atoms with Gasteiger partial charge in [-0.15, -0.1) is 0 Å². The van der Waals surface area contributed by atoms with Gasteiger partial charge < -0.3 is 19.8 Å². The largest absolute Gasteiger partial charge is 0.487 e. The first kappa shape index (κ1) is 18.5. The minimum atomic E-state index is -0.468. The number of hydrogen-bond acceptors (Lipinski definition) is 4.